The Kier molecular flexibility index (Phi) is 5.08. The van der Waals surface area contributed by atoms with E-state index in [9.17, 15) is 16.8 Å². The monoisotopic (exact) mass is 306 g/mol. The van der Waals surface area contributed by atoms with E-state index in [4.69, 9.17) is 5.14 Å². The first-order valence-electron chi connectivity index (χ1n) is 5.80. The second kappa shape index (κ2) is 6.00. The van der Waals surface area contributed by atoms with Gasteiger partial charge in [0.05, 0.1) is 0 Å². The third kappa shape index (κ3) is 4.27. The zero-order valence-corrected chi connectivity index (χ0v) is 12.5. The molecular weight excluding hydrogens is 288 g/mol. The fraction of sp³-hybridized carbons (Fsp3) is 0.455. The van der Waals surface area contributed by atoms with Gasteiger partial charge in [0.2, 0.25) is 20.0 Å². The highest BCUT2D eigenvalue weighted by Gasteiger charge is 2.23. The molecule has 0 aliphatic carbocycles. The van der Waals surface area contributed by atoms with Gasteiger partial charge in [-0.2, -0.15) is 0 Å². The number of benzene rings is 1. The molecule has 0 saturated heterocycles. The molecule has 0 heterocycles. The first-order chi connectivity index (χ1) is 8.68. The summed E-state index contributed by atoms with van der Waals surface area (Å²) in [5.41, 5.74) is 0. The van der Waals surface area contributed by atoms with Gasteiger partial charge in [-0.05, 0) is 18.1 Å². The van der Waals surface area contributed by atoms with E-state index in [2.05, 4.69) is 4.72 Å². The Bertz CT molecular complexity index is 638. The van der Waals surface area contributed by atoms with Gasteiger partial charge < -0.3 is 0 Å². The lowest BCUT2D eigenvalue weighted by Crippen LogP contribution is -2.30. The summed E-state index contributed by atoms with van der Waals surface area (Å²) in [5.74, 6) is 0.163. The van der Waals surface area contributed by atoms with E-state index >= 15 is 0 Å². The van der Waals surface area contributed by atoms with Crippen LogP contribution >= 0.6 is 0 Å². The van der Waals surface area contributed by atoms with Gasteiger partial charge in [-0.25, -0.2) is 26.7 Å². The second-order valence-corrected chi connectivity index (χ2v) is 7.62. The van der Waals surface area contributed by atoms with Crippen molar-refractivity contribution in [3.05, 3.63) is 24.3 Å². The van der Waals surface area contributed by atoms with Crippen molar-refractivity contribution < 1.29 is 16.8 Å². The van der Waals surface area contributed by atoms with Crippen molar-refractivity contribution in [3.63, 3.8) is 0 Å². The van der Waals surface area contributed by atoms with Gasteiger partial charge in [-0.15, -0.1) is 0 Å². The molecule has 0 fully saturated rings. The second-order valence-electron chi connectivity index (χ2n) is 4.36. The fourth-order valence-corrected chi connectivity index (χ4v) is 3.93. The normalized spacial score (nSPS) is 14.3. The molecule has 0 radical (unpaired) electrons. The number of rotatable bonds is 6. The maximum atomic E-state index is 12.1. The van der Waals surface area contributed by atoms with Crippen LogP contribution in [0.2, 0.25) is 0 Å². The van der Waals surface area contributed by atoms with Gasteiger partial charge in [-0.1, -0.05) is 32.4 Å². The van der Waals surface area contributed by atoms with Crippen LogP contribution in [0.4, 0.5) is 0 Å². The first kappa shape index (κ1) is 16.1. The Morgan fingerprint density at radius 1 is 1.16 bits per heavy atom. The van der Waals surface area contributed by atoms with Crippen LogP contribution in [0.1, 0.15) is 20.3 Å². The number of nitrogens with one attached hydrogen (secondary N) is 1. The van der Waals surface area contributed by atoms with E-state index in [1.807, 2.05) is 13.8 Å². The van der Waals surface area contributed by atoms with Gasteiger partial charge >= 0.3 is 0 Å². The molecule has 8 heteroatoms. The smallest absolute Gasteiger partial charge is 0.225 e. The highest BCUT2D eigenvalue weighted by molar-refractivity contribution is 7.92. The Balaban J connectivity index is 3.16. The van der Waals surface area contributed by atoms with E-state index in [0.717, 1.165) is 6.42 Å². The summed E-state index contributed by atoms with van der Waals surface area (Å²) in [6.07, 6.45) is 0.819. The van der Waals surface area contributed by atoms with E-state index in [0.29, 0.717) is 0 Å². The molecule has 0 aliphatic heterocycles. The Morgan fingerprint density at radius 2 is 1.68 bits per heavy atom. The number of sulfonamides is 2. The molecular formula is C11H18N2O4S2. The van der Waals surface area contributed by atoms with Crippen molar-refractivity contribution in [2.45, 2.75) is 30.1 Å². The molecule has 19 heavy (non-hydrogen) atoms. The van der Waals surface area contributed by atoms with Gasteiger partial charge in [0.15, 0.2) is 0 Å². The summed E-state index contributed by atoms with van der Waals surface area (Å²) in [4.78, 5) is -0.715. The number of primary sulfonamides is 1. The minimum atomic E-state index is -4.08. The summed E-state index contributed by atoms with van der Waals surface area (Å²) in [5, 5.41) is 5.02. The quantitative estimate of drug-likeness (QED) is 0.805. The third-order valence-corrected chi connectivity index (χ3v) is 5.34. The van der Waals surface area contributed by atoms with Crippen molar-refractivity contribution in [1.82, 2.24) is 4.72 Å². The van der Waals surface area contributed by atoms with Crippen molar-refractivity contribution in [3.8, 4) is 0 Å². The SMILES string of the molecule is CCC(C)CNS(=O)(=O)c1ccccc1S(N)(=O)=O. The van der Waals surface area contributed by atoms with Gasteiger partial charge in [0.25, 0.3) is 0 Å². The van der Waals surface area contributed by atoms with Crippen molar-refractivity contribution in [1.29, 1.82) is 0 Å². The Morgan fingerprint density at radius 3 is 2.16 bits per heavy atom. The molecule has 0 spiro atoms. The minimum absolute atomic E-state index is 0.163. The molecule has 3 N–H and O–H groups in total. The lowest BCUT2D eigenvalue weighted by molar-refractivity contribution is 0.526. The average molecular weight is 306 g/mol. The van der Waals surface area contributed by atoms with Crippen LogP contribution < -0.4 is 9.86 Å². The molecule has 0 aliphatic rings. The fourth-order valence-electron chi connectivity index (χ4n) is 1.38. The highest BCUT2D eigenvalue weighted by Crippen LogP contribution is 2.19. The molecule has 6 nitrogen and oxygen atoms in total. The predicted octanol–water partition coefficient (Wildman–Crippen LogP) is 0.658. The number of hydrogen-bond acceptors (Lipinski definition) is 4. The zero-order valence-electron chi connectivity index (χ0n) is 10.8. The van der Waals surface area contributed by atoms with Crippen LogP contribution in [0.3, 0.4) is 0 Å². The van der Waals surface area contributed by atoms with Crippen LogP contribution in [0.15, 0.2) is 34.1 Å². The molecule has 1 rings (SSSR count). The molecule has 1 unspecified atom stereocenters. The van der Waals surface area contributed by atoms with E-state index in [1.165, 1.54) is 24.3 Å². The Labute approximate surface area is 114 Å². The number of nitrogens with two attached hydrogens (primary N) is 1. The molecule has 0 saturated carbocycles. The summed E-state index contributed by atoms with van der Waals surface area (Å²) >= 11 is 0. The molecule has 108 valence electrons. The lowest BCUT2D eigenvalue weighted by atomic mass is 10.1. The highest BCUT2D eigenvalue weighted by atomic mass is 32.2. The van der Waals surface area contributed by atoms with Crippen molar-refractivity contribution >= 4 is 20.0 Å². The molecule has 0 bridgehead atoms. The van der Waals surface area contributed by atoms with E-state index in [-0.39, 0.29) is 17.4 Å². The van der Waals surface area contributed by atoms with E-state index < -0.39 is 24.9 Å². The van der Waals surface area contributed by atoms with Crippen LogP contribution in [0.5, 0.6) is 0 Å². The first-order valence-corrected chi connectivity index (χ1v) is 8.83. The molecule has 0 aromatic heterocycles. The predicted molar refractivity (Wildman–Crippen MR) is 72.5 cm³/mol. The molecule has 1 atom stereocenters. The van der Waals surface area contributed by atoms with Gasteiger partial charge in [0, 0.05) is 6.54 Å². The summed E-state index contributed by atoms with van der Waals surface area (Å²) < 4.78 is 49.3. The van der Waals surface area contributed by atoms with Gasteiger partial charge in [0.1, 0.15) is 9.79 Å². The van der Waals surface area contributed by atoms with Crippen LogP contribution in [0.25, 0.3) is 0 Å². The molecule has 0 amide bonds. The summed E-state index contributed by atoms with van der Waals surface area (Å²) in [7, 11) is -7.97. The lowest BCUT2D eigenvalue weighted by Gasteiger charge is -2.12. The maximum absolute atomic E-state index is 12.1. The van der Waals surface area contributed by atoms with Gasteiger partial charge in [-0.3, -0.25) is 0 Å². The Hall–Kier alpha value is -0.960. The zero-order chi connectivity index (χ0) is 14.7. The topological polar surface area (TPSA) is 106 Å². The van der Waals surface area contributed by atoms with Crippen LogP contribution in [-0.4, -0.2) is 23.4 Å². The van der Waals surface area contributed by atoms with Crippen LogP contribution in [0, 0.1) is 5.92 Å². The van der Waals surface area contributed by atoms with E-state index in [1.54, 1.807) is 0 Å². The summed E-state index contributed by atoms with van der Waals surface area (Å²) in [6.45, 7) is 4.09. The van der Waals surface area contributed by atoms with Crippen LogP contribution in [-0.2, 0) is 20.0 Å². The molecule has 1 aromatic carbocycles. The standard InChI is InChI=1S/C11H18N2O4S2/c1-3-9(2)8-13-19(16,17)11-7-5-4-6-10(11)18(12,14)15/h4-7,9,13H,3,8H2,1-2H3,(H2,12,14,15). The van der Waals surface area contributed by atoms with Crippen molar-refractivity contribution in [2.24, 2.45) is 11.1 Å². The summed E-state index contributed by atoms with van der Waals surface area (Å²) in [6, 6.07) is 5.27. The number of hydrogen-bond donors (Lipinski definition) is 2. The maximum Gasteiger partial charge on any atom is 0.241 e. The largest absolute Gasteiger partial charge is 0.241 e. The minimum Gasteiger partial charge on any atom is -0.225 e. The van der Waals surface area contributed by atoms with Crippen molar-refractivity contribution in [2.75, 3.05) is 6.54 Å². The average Bonchev–Trinajstić information content (AvgIpc) is 2.35. The molecule has 1 aromatic rings. The third-order valence-electron chi connectivity index (χ3n) is 2.76.